The monoisotopic (exact) mass is 338 g/mol. The first-order valence-electron chi connectivity index (χ1n) is 7.73. The molecule has 1 aliphatic heterocycles. The van der Waals surface area contributed by atoms with Crippen LogP contribution in [0.2, 0.25) is 0 Å². The van der Waals surface area contributed by atoms with Crippen molar-refractivity contribution in [3.63, 3.8) is 0 Å². The largest absolute Gasteiger partial charge is 0.497 e. The fraction of sp³-hybridized carbons (Fsp3) is 0.158. The van der Waals surface area contributed by atoms with Crippen molar-refractivity contribution in [1.29, 1.82) is 0 Å². The van der Waals surface area contributed by atoms with Gasteiger partial charge in [0.1, 0.15) is 17.2 Å². The van der Waals surface area contributed by atoms with Crippen LogP contribution in [0, 0.1) is 0 Å². The molecule has 0 atom stereocenters. The van der Waals surface area contributed by atoms with Crippen molar-refractivity contribution in [2.24, 2.45) is 0 Å². The number of methoxy groups -OCH3 is 2. The SMILES string of the molecule is COc1ccc(OC)c(/C=C2/NC(=O)N(Cc3ccccc3)C2=O)c1. The van der Waals surface area contributed by atoms with Gasteiger partial charge in [-0.1, -0.05) is 30.3 Å². The first-order valence-corrected chi connectivity index (χ1v) is 7.73. The predicted octanol–water partition coefficient (Wildman–Crippen LogP) is 2.80. The van der Waals surface area contributed by atoms with Gasteiger partial charge in [0, 0.05) is 5.56 Å². The van der Waals surface area contributed by atoms with E-state index >= 15 is 0 Å². The van der Waals surface area contributed by atoms with Crippen LogP contribution in [-0.4, -0.2) is 31.1 Å². The van der Waals surface area contributed by atoms with Crippen LogP contribution in [0.3, 0.4) is 0 Å². The van der Waals surface area contributed by atoms with E-state index in [1.807, 2.05) is 30.3 Å². The summed E-state index contributed by atoms with van der Waals surface area (Å²) in [6, 6.07) is 14.2. The molecule has 1 N–H and O–H groups in total. The van der Waals surface area contributed by atoms with Gasteiger partial charge in [0.15, 0.2) is 0 Å². The number of nitrogens with zero attached hydrogens (tertiary/aromatic N) is 1. The van der Waals surface area contributed by atoms with E-state index in [1.54, 1.807) is 38.5 Å². The Hall–Kier alpha value is -3.28. The van der Waals surface area contributed by atoms with Gasteiger partial charge in [0.05, 0.1) is 20.8 Å². The molecule has 1 heterocycles. The topological polar surface area (TPSA) is 67.9 Å². The van der Waals surface area contributed by atoms with E-state index < -0.39 is 6.03 Å². The number of nitrogens with one attached hydrogen (secondary N) is 1. The Labute approximate surface area is 145 Å². The van der Waals surface area contributed by atoms with Gasteiger partial charge in [-0.25, -0.2) is 4.79 Å². The zero-order valence-corrected chi connectivity index (χ0v) is 14.0. The molecule has 6 nitrogen and oxygen atoms in total. The number of hydrogen-bond donors (Lipinski definition) is 1. The highest BCUT2D eigenvalue weighted by Gasteiger charge is 2.33. The molecule has 1 saturated heterocycles. The summed E-state index contributed by atoms with van der Waals surface area (Å²) in [7, 11) is 3.10. The summed E-state index contributed by atoms with van der Waals surface area (Å²) in [5, 5.41) is 2.61. The van der Waals surface area contributed by atoms with Gasteiger partial charge in [-0.15, -0.1) is 0 Å². The molecule has 0 aromatic heterocycles. The summed E-state index contributed by atoms with van der Waals surface area (Å²) in [4.78, 5) is 25.9. The number of benzene rings is 2. The van der Waals surface area contributed by atoms with E-state index in [0.29, 0.717) is 17.1 Å². The standard InChI is InChI=1S/C19H18N2O4/c1-24-15-8-9-17(25-2)14(10-15)11-16-18(22)21(19(23)20-16)12-13-6-4-3-5-7-13/h3-11H,12H2,1-2H3,(H,20,23)/b16-11+. The minimum absolute atomic E-state index is 0.201. The highest BCUT2D eigenvalue weighted by Crippen LogP contribution is 2.27. The van der Waals surface area contributed by atoms with Crippen LogP contribution in [0.1, 0.15) is 11.1 Å². The zero-order valence-electron chi connectivity index (χ0n) is 14.0. The number of hydrogen-bond acceptors (Lipinski definition) is 4. The molecule has 0 bridgehead atoms. The Balaban J connectivity index is 1.88. The van der Waals surface area contributed by atoms with Gasteiger partial charge in [-0.05, 0) is 29.8 Å². The van der Waals surface area contributed by atoms with Crippen molar-refractivity contribution in [3.05, 3.63) is 65.4 Å². The second-order valence-electron chi connectivity index (χ2n) is 5.47. The lowest BCUT2D eigenvalue weighted by Crippen LogP contribution is -2.30. The lowest BCUT2D eigenvalue weighted by molar-refractivity contribution is -0.123. The van der Waals surface area contributed by atoms with Gasteiger partial charge >= 0.3 is 6.03 Å². The average molecular weight is 338 g/mol. The van der Waals surface area contributed by atoms with E-state index in [9.17, 15) is 9.59 Å². The quantitative estimate of drug-likeness (QED) is 0.672. The summed E-state index contributed by atoms with van der Waals surface area (Å²) in [6.45, 7) is 0.220. The number of imide groups is 1. The fourth-order valence-corrected chi connectivity index (χ4v) is 2.59. The molecule has 2 aromatic rings. The van der Waals surface area contributed by atoms with Crippen molar-refractivity contribution in [2.75, 3.05) is 14.2 Å². The summed E-state index contributed by atoms with van der Waals surface area (Å²) in [5.41, 5.74) is 1.73. The van der Waals surface area contributed by atoms with Crippen LogP contribution in [0.5, 0.6) is 11.5 Å². The number of amides is 3. The van der Waals surface area contributed by atoms with Crippen molar-refractivity contribution < 1.29 is 19.1 Å². The maximum Gasteiger partial charge on any atom is 0.329 e. The minimum Gasteiger partial charge on any atom is -0.497 e. The van der Waals surface area contributed by atoms with Crippen LogP contribution in [-0.2, 0) is 11.3 Å². The fourth-order valence-electron chi connectivity index (χ4n) is 2.59. The summed E-state index contributed by atoms with van der Waals surface area (Å²) in [6.07, 6.45) is 1.59. The molecule has 6 heteroatoms. The number of ether oxygens (including phenoxy) is 2. The van der Waals surface area contributed by atoms with Crippen molar-refractivity contribution in [1.82, 2.24) is 10.2 Å². The summed E-state index contributed by atoms with van der Waals surface area (Å²) < 4.78 is 10.5. The Morgan fingerprint density at radius 2 is 1.80 bits per heavy atom. The Morgan fingerprint density at radius 1 is 1.04 bits per heavy atom. The van der Waals surface area contributed by atoms with E-state index in [0.717, 1.165) is 5.56 Å². The van der Waals surface area contributed by atoms with Crippen LogP contribution in [0.15, 0.2) is 54.2 Å². The second kappa shape index (κ2) is 7.09. The van der Waals surface area contributed by atoms with Crippen LogP contribution < -0.4 is 14.8 Å². The third-order valence-corrected chi connectivity index (χ3v) is 3.88. The maximum atomic E-state index is 12.6. The van der Waals surface area contributed by atoms with Crippen LogP contribution >= 0.6 is 0 Å². The first-order chi connectivity index (χ1) is 12.1. The molecule has 0 radical (unpaired) electrons. The third kappa shape index (κ3) is 3.47. The molecule has 0 unspecified atom stereocenters. The zero-order chi connectivity index (χ0) is 17.8. The predicted molar refractivity (Wildman–Crippen MR) is 93.0 cm³/mol. The molecule has 128 valence electrons. The Morgan fingerprint density at radius 3 is 2.48 bits per heavy atom. The molecule has 3 rings (SSSR count). The molecular weight excluding hydrogens is 320 g/mol. The highest BCUT2D eigenvalue weighted by molar-refractivity contribution is 6.14. The second-order valence-corrected chi connectivity index (χ2v) is 5.47. The van der Waals surface area contributed by atoms with Gasteiger partial charge in [-0.3, -0.25) is 9.69 Å². The summed E-state index contributed by atoms with van der Waals surface area (Å²) in [5.74, 6) is 0.834. The van der Waals surface area contributed by atoms with Crippen LogP contribution in [0.4, 0.5) is 4.79 Å². The molecule has 25 heavy (non-hydrogen) atoms. The van der Waals surface area contributed by atoms with Gasteiger partial charge in [-0.2, -0.15) is 0 Å². The van der Waals surface area contributed by atoms with Crippen molar-refractivity contribution >= 4 is 18.0 Å². The number of rotatable bonds is 5. The molecular formula is C19H18N2O4. The van der Waals surface area contributed by atoms with E-state index in [4.69, 9.17) is 9.47 Å². The van der Waals surface area contributed by atoms with E-state index in [1.165, 1.54) is 4.90 Å². The van der Waals surface area contributed by atoms with Crippen molar-refractivity contribution in [3.8, 4) is 11.5 Å². The molecule has 1 aliphatic rings. The number of urea groups is 1. The number of carbonyl (C=O) groups is 2. The highest BCUT2D eigenvalue weighted by atomic mass is 16.5. The first kappa shape index (κ1) is 16.6. The molecule has 1 fully saturated rings. The molecule has 2 aromatic carbocycles. The van der Waals surface area contributed by atoms with Crippen LogP contribution in [0.25, 0.3) is 6.08 Å². The Bertz CT molecular complexity index is 831. The lowest BCUT2D eigenvalue weighted by Gasteiger charge is -2.11. The summed E-state index contributed by atoms with van der Waals surface area (Å²) >= 11 is 0. The minimum atomic E-state index is -0.443. The van der Waals surface area contributed by atoms with Crippen molar-refractivity contribution in [2.45, 2.75) is 6.54 Å². The smallest absolute Gasteiger partial charge is 0.329 e. The van der Waals surface area contributed by atoms with Gasteiger partial charge in [0.25, 0.3) is 5.91 Å². The lowest BCUT2D eigenvalue weighted by atomic mass is 10.1. The molecule has 0 saturated carbocycles. The normalized spacial score (nSPS) is 15.4. The van der Waals surface area contributed by atoms with E-state index in [-0.39, 0.29) is 18.1 Å². The molecule has 3 amide bonds. The van der Waals surface area contributed by atoms with Gasteiger partial charge in [0.2, 0.25) is 0 Å². The van der Waals surface area contributed by atoms with Gasteiger partial charge < -0.3 is 14.8 Å². The third-order valence-electron chi connectivity index (χ3n) is 3.88. The van der Waals surface area contributed by atoms with E-state index in [2.05, 4.69) is 5.32 Å². The Kier molecular flexibility index (Phi) is 4.70. The maximum absolute atomic E-state index is 12.6. The molecule has 0 aliphatic carbocycles. The molecule has 0 spiro atoms. The average Bonchev–Trinajstić information content (AvgIpc) is 2.90. The number of carbonyl (C=O) groups excluding carboxylic acids is 2.